The number of carbonyl (C=O) groups is 1. The molecule has 0 unspecified atom stereocenters. The Morgan fingerprint density at radius 3 is 2.19 bits per heavy atom. The highest BCUT2D eigenvalue weighted by Gasteiger charge is 2.27. The second kappa shape index (κ2) is 7.40. The SMILES string of the molecule is COc1ccccc1C(=O)N1CCN(c2ccccc2C(C)(C)C)CC1. The summed E-state index contributed by atoms with van der Waals surface area (Å²) in [4.78, 5) is 17.2. The molecule has 0 saturated carbocycles. The van der Waals surface area contributed by atoms with Crippen LogP contribution in [0.2, 0.25) is 0 Å². The Balaban J connectivity index is 1.73. The van der Waals surface area contributed by atoms with Crippen LogP contribution in [0.1, 0.15) is 36.7 Å². The molecule has 1 heterocycles. The van der Waals surface area contributed by atoms with Gasteiger partial charge in [-0.15, -0.1) is 0 Å². The van der Waals surface area contributed by atoms with E-state index < -0.39 is 0 Å². The van der Waals surface area contributed by atoms with Crippen molar-refractivity contribution in [3.8, 4) is 5.75 Å². The second-order valence-electron chi connectivity index (χ2n) is 7.75. The van der Waals surface area contributed by atoms with Gasteiger partial charge >= 0.3 is 0 Å². The molecule has 0 atom stereocenters. The Labute approximate surface area is 156 Å². The van der Waals surface area contributed by atoms with E-state index >= 15 is 0 Å². The second-order valence-corrected chi connectivity index (χ2v) is 7.75. The molecule has 2 aromatic rings. The number of carbonyl (C=O) groups excluding carboxylic acids is 1. The Bertz CT molecular complexity index is 772. The van der Waals surface area contributed by atoms with Crippen molar-refractivity contribution in [1.82, 2.24) is 4.90 Å². The van der Waals surface area contributed by atoms with E-state index in [2.05, 4.69) is 49.9 Å². The van der Waals surface area contributed by atoms with Gasteiger partial charge in [0, 0.05) is 31.9 Å². The molecule has 1 fully saturated rings. The fourth-order valence-electron chi connectivity index (χ4n) is 3.53. The highest BCUT2D eigenvalue weighted by Crippen LogP contribution is 2.32. The first-order valence-electron chi connectivity index (χ1n) is 9.18. The largest absolute Gasteiger partial charge is 0.496 e. The molecule has 0 bridgehead atoms. The molecule has 26 heavy (non-hydrogen) atoms. The predicted octanol–water partition coefficient (Wildman–Crippen LogP) is 3.96. The lowest BCUT2D eigenvalue weighted by molar-refractivity contribution is 0.0743. The van der Waals surface area contributed by atoms with Crippen molar-refractivity contribution in [1.29, 1.82) is 0 Å². The van der Waals surface area contributed by atoms with E-state index in [9.17, 15) is 4.79 Å². The van der Waals surface area contributed by atoms with Crippen LogP contribution in [0.4, 0.5) is 5.69 Å². The van der Waals surface area contributed by atoms with Crippen molar-refractivity contribution in [2.24, 2.45) is 0 Å². The summed E-state index contributed by atoms with van der Waals surface area (Å²) in [6.45, 7) is 9.85. The maximum atomic E-state index is 12.9. The summed E-state index contributed by atoms with van der Waals surface area (Å²) in [7, 11) is 1.60. The number of hydrogen-bond acceptors (Lipinski definition) is 3. The molecular formula is C22H28N2O2. The van der Waals surface area contributed by atoms with Crippen molar-refractivity contribution in [3.63, 3.8) is 0 Å². The van der Waals surface area contributed by atoms with E-state index in [0.29, 0.717) is 11.3 Å². The Kier molecular flexibility index (Phi) is 5.21. The van der Waals surface area contributed by atoms with Crippen molar-refractivity contribution in [2.45, 2.75) is 26.2 Å². The number of ether oxygens (including phenoxy) is 1. The number of anilines is 1. The van der Waals surface area contributed by atoms with Crippen LogP contribution < -0.4 is 9.64 Å². The van der Waals surface area contributed by atoms with E-state index in [-0.39, 0.29) is 11.3 Å². The summed E-state index contributed by atoms with van der Waals surface area (Å²) in [5.74, 6) is 0.684. The molecule has 4 heteroatoms. The summed E-state index contributed by atoms with van der Waals surface area (Å²) in [5.41, 5.74) is 3.37. The monoisotopic (exact) mass is 352 g/mol. The first-order chi connectivity index (χ1) is 12.4. The van der Waals surface area contributed by atoms with Crippen LogP contribution >= 0.6 is 0 Å². The normalized spacial score (nSPS) is 15.1. The molecule has 1 aliphatic rings. The van der Waals surface area contributed by atoms with Crippen LogP contribution in [0.3, 0.4) is 0 Å². The zero-order chi connectivity index (χ0) is 18.7. The van der Waals surface area contributed by atoms with E-state index in [4.69, 9.17) is 4.74 Å². The highest BCUT2D eigenvalue weighted by molar-refractivity contribution is 5.97. The number of piperazine rings is 1. The van der Waals surface area contributed by atoms with Crippen molar-refractivity contribution >= 4 is 11.6 Å². The minimum Gasteiger partial charge on any atom is -0.496 e. The standard InChI is InChI=1S/C22H28N2O2/c1-22(2,3)18-10-6-7-11-19(18)23-13-15-24(16-14-23)21(25)17-9-5-8-12-20(17)26-4/h5-12H,13-16H2,1-4H3. The van der Waals surface area contributed by atoms with Crippen LogP contribution in [-0.4, -0.2) is 44.1 Å². The first kappa shape index (κ1) is 18.3. The topological polar surface area (TPSA) is 32.8 Å². The molecule has 0 spiro atoms. The quantitative estimate of drug-likeness (QED) is 0.838. The van der Waals surface area contributed by atoms with Gasteiger partial charge in [0.1, 0.15) is 5.75 Å². The van der Waals surface area contributed by atoms with Gasteiger partial charge < -0.3 is 14.5 Å². The van der Waals surface area contributed by atoms with Gasteiger partial charge in [-0.05, 0) is 29.2 Å². The molecular weight excluding hydrogens is 324 g/mol. The number of hydrogen-bond donors (Lipinski definition) is 0. The smallest absolute Gasteiger partial charge is 0.257 e. The number of methoxy groups -OCH3 is 1. The summed E-state index contributed by atoms with van der Waals surface area (Å²) >= 11 is 0. The highest BCUT2D eigenvalue weighted by atomic mass is 16.5. The lowest BCUT2D eigenvalue weighted by Crippen LogP contribution is -2.49. The van der Waals surface area contributed by atoms with Crippen molar-refractivity contribution in [2.75, 3.05) is 38.2 Å². The minimum absolute atomic E-state index is 0.0474. The maximum Gasteiger partial charge on any atom is 0.257 e. The fourth-order valence-corrected chi connectivity index (χ4v) is 3.53. The summed E-state index contributed by atoms with van der Waals surface area (Å²) in [5, 5.41) is 0. The van der Waals surface area contributed by atoms with Gasteiger partial charge in [0.2, 0.25) is 0 Å². The van der Waals surface area contributed by atoms with E-state index in [1.165, 1.54) is 11.3 Å². The van der Waals surface area contributed by atoms with Gasteiger partial charge in [-0.1, -0.05) is 51.1 Å². The van der Waals surface area contributed by atoms with Crippen LogP contribution in [-0.2, 0) is 5.41 Å². The molecule has 3 rings (SSSR count). The number of rotatable bonds is 3. The van der Waals surface area contributed by atoms with Crippen LogP contribution in [0, 0.1) is 0 Å². The molecule has 0 aliphatic carbocycles. The molecule has 138 valence electrons. The van der Waals surface area contributed by atoms with Crippen LogP contribution in [0.5, 0.6) is 5.75 Å². The van der Waals surface area contributed by atoms with Crippen molar-refractivity contribution < 1.29 is 9.53 Å². The first-order valence-corrected chi connectivity index (χ1v) is 9.18. The average Bonchev–Trinajstić information content (AvgIpc) is 2.67. The number of nitrogens with zero attached hydrogens (tertiary/aromatic N) is 2. The maximum absolute atomic E-state index is 12.9. The van der Waals surface area contributed by atoms with Crippen molar-refractivity contribution in [3.05, 3.63) is 59.7 Å². The van der Waals surface area contributed by atoms with Crippen LogP contribution in [0.25, 0.3) is 0 Å². The van der Waals surface area contributed by atoms with E-state index in [1.807, 2.05) is 29.2 Å². The lowest BCUT2D eigenvalue weighted by Gasteiger charge is -2.38. The summed E-state index contributed by atoms with van der Waals surface area (Å²) < 4.78 is 5.34. The lowest BCUT2D eigenvalue weighted by atomic mass is 9.85. The Hall–Kier alpha value is -2.49. The fraction of sp³-hybridized carbons (Fsp3) is 0.409. The third kappa shape index (κ3) is 3.69. The van der Waals surface area contributed by atoms with Gasteiger partial charge in [-0.2, -0.15) is 0 Å². The minimum atomic E-state index is 0.0474. The molecule has 4 nitrogen and oxygen atoms in total. The zero-order valence-electron chi connectivity index (χ0n) is 16.2. The van der Waals surface area contributed by atoms with Gasteiger partial charge in [0.25, 0.3) is 5.91 Å². The predicted molar refractivity (Wildman–Crippen MR) is 106 cm³/mol. The third-order valence-electron chi connectivity index (χ3n) is 4.96. The van der Waals surface area contributed by atoms with Gasteiger partial charge in [0.15, 0.2) is 0 Å². The van der Waals surface area contributed by atoms with Gasteiger partial charge in [-0.25, -0.2) is 0 Å². The molecule has 1 amide bonds. The zero-order valence-corrected chi connectivity index (χ0v) is 16.2. The van der Waals surface area contributed by atoms with E-state index in [0.717, 1.165) is 26.2 Å². The average molecular weight is 352 g/mol. The van der Waals surface area contributed by atoms with E-state index in [1.54, 1.807) is 7.11 Å². The number of para-hydroxylation sites is 2. The Morgan fingerprint density at radius 1 is 0.923 bits per heavy atom. The molecule has 0 radical (unpaired) electrons. The molecule has 0 N–H and O–H groups in total. The summed E-state index contributed by atoms with van der Waals surface area (Å²) in [6, 6.07) is 16.0. The molecule has 2 aromatic carbocycles. The number of benzene rings is 2. The Morgan fingerprint density at radius 2 is 1.54 bits per heavy atom. The molecule has 1 aliphatic heterocycles. The molecule has 0 aromatic heterocycles. The molecule has 1 saturated heterocycles. The summed E-state index contributed by atoms with van der Waals surface area (Å²) in [6.07, 6.45) is 0. The number of amides is 1. The van der Waals surface area contributed by atoms with Gasteiger partial charge in [0.05, 0.1) is 12.7 Å². The third-order valence-corrected chi connectivity index (χ3v) is 4.96. The van der Waals surface area contributed by atoms with Gasteiger partial charge in [-0.3, -0.25) is 4.79 Å². The van der Waals surface area contributed by atoms with Crippen LogP contribution in [0.15, 0.2) is 48.5 Å².